The normalized spacial score (nSPS) is 13.8. The summed E-state index contributed by atoms with van der Waals surface area (Å²) in [6, 6.07) is 13.2. The van der Waals surface area contributed by atoms with Gasteiger partial charge in [0.15, 0.2) is 0 Å². The van der Waals surface area contributed by atoms with Gasteiger partial charge in [0.05, 0.1) is 13.2 Å². The highest BCUT2D eigenvalue weighted by Crippen LogP contribution is 2.36. The molecule has 2 atom stereocenters. The van der Waals surface area contributed by atoms with Crippen molar-refractivity contribution in [1.29, 1.82) is 0 Å². The minimum atomic E-state index is -0.755. The molecule has 0 fully saturated rings. The zero-order chi connectivity index (χ0) is 15.4. The van der Waals surface area contributed by atoms with Crippen LogP contribution in [0.3, 0.4) is 0 Å². The van der Waals surface area contributed by atoms with Crippen molar-refractivity contribution >= 4 is 11.6 Å². The van der Waals surface area contributed by atoms with Crippen LogP contribution in [-0.2, 0) is 0 Å². The van der Waals surface area contributed by atoms with E-state index in [1.807, 2.05) is 49.4 Å². The van der Waals surface area contributed by atoms with Gasteiger partial charge >= 0.3 is 0 Å². The molecule has 0 saturated heterocycles. The van der Waals surface area contributed by atoms with Crippen LogP contribution in [0, 0.1) is 6.92 Å². The predicted octanol–water partition coefficient (Wildman–Crippen LogP) is 3.43. The first-order valence-corrected chi connectivity index (χ1v) is 7.23. The first-order chi connectivity index (χ1) is 10.1. The summed E-state index contributed by atoms with van der Waals surface area (Å²) in [5.41, 5.74) is 8.45. The number of rotatable bonds is 5. The van der Waals surface area contributed by atoms with Gasteiger partial charge in [-0.3, -0.25) is 0 Å². The van der Waals surface area contributed by atoms with E-state index < -0.39 is 6.10 Å². The van der Waals surface area contributed by atoms with Gasteiger partial charge in [-0.15, -0.1) is 0 Å². The number of ether oxygens (including phenoxy) is 1. The molecular formula is C17H20ClNO2. The lowest BCUT2D eigenvalue weighted by atomic mass is 9.88. The molecule has 2 rings (SSSR count). The first-order valence-electron chi connectivity index (χ1n) is 6.85. The highest BCUT2D eigenvalue weighted by molar-refractivity contribution is 6.32. The third-order valence-electron chi connectivity index (χ3n) is 3.70. The number of aliphatic hydroxyl groups is 1. The highest BCUT2D eigenvalue weighted by Gasteiger charge is 2.24. The van der Waals surface area contributed by atoms with E-state index in [-0.39, 0.29) is 5.92 Å². The SMILES string of the molecule is COc1cccc(C(CN)C(O)c2cccc(C)c2Cl)c1. The molecule has 3 N–H and O–H groups in total. The molecule has 0 aliphatic rings. The molecule has 0 bridgehead atoms. The minimum absolute atomic E-state index is 0.237. The fourth-order valence-electron chi connectivity index (χ4n) is 2.43. The van der Waals surface area contributed by atoms with Crippen molar-refractivity contribution in [2.45, 2.75) is 18.9 Å². The lowest BCUT2D eigenvalue weighted by Gasteiger charge is -2.24. The maximum atomic E-state index is 10.7. The summed E-state index contributed by atoms with van der Waals surface area (Å²) in [6.07, 6.45) is -0.755. The van der Waals surface area contributed by atoms with Crippen LogP contribution in [0.1, 0.15) is 28.7 Å². The lowest BCUT2D eigenvalue weighted by molar-refractivity contribution is 0.147. The number of nitrogens with two attached hydrogens (primary N) is 1. The summed E-state index contributed by atoms with van der Waals surface area (Å²) in [6.45, 7) is 2.24. The van der Waals surface area contributed by atoms with Crippen molar-refractivity contribution in [3.63, 3.8) is 0 Å². The number of hydrogen-bond donors (Lipinski definition) is 2. The topological polar surface area (TPSA) is 55.5 Å². The summed E-state index contributed by atoms with van der Waals surface area (Å²) < 4.78 is 5.23. The summed E-state index contributed by atoms with van der Waals surface area (Å²) in [7, 11) is 1.62. The van der Waals surface area contributed by atoms with E-state index >= 15 is 0 Å². The fraction of sp³-hybridized carbons (Fsp3) is 0.294. The van der Waals surface area contributed by atoms with Crippen LogP contribution in [0.4, 0.5) is 0 Å². The van der Waals surface area contributed by atoms with Gasteiger partial charge in [-0.1, -0.05) is 41.9 Å². The molecule has 0 spiro atoms. The molecule has 0 heterocycles. The number of methoxy groups -OCH3 is 1. The molecule has 3 nitrogen and oxygen atoms in total. The number of halogens is 1. The second kappa shape index (κ2) is 6.94. The summed E-state index contributed by atoms with van der Waals surface area (Å²) in [5, 5.41) is 11.3. The molecule has 2 aromatic carbocycles. The summed E-state index contributed by atoms with van der Waals surface area (Å²) >= 11 is 6.31. The Morgan fingerprint density at radius 2 is 1.95 bits per heavy atom. The Morgan fingerprint density at radius 3 is 2.62 bits per heavy atom. The predicted molar refractivity (Wildman–Crippen MR) is 85.9 cm³/mol. The van der Waals surface area contributed by atoms with Crippen molar-refractivity contribution in [3.8, 4) is 5.75 Å². The van der Waals surface area contributed by atoms with Gasteiger partial charge in [0.1, 0.15) is 5.75 Å². The van der Waals surface area contributed by atoms with Gasteiger partial charge in [0.25, 0.3) is 0 Å². The third kappa shape index (κ3) is 3.38. The van der Waals surface area contributed by atoms with E-state index in [1.54, 1.807) is 7.11 Å². The Labute approximate surface area is 130 Å². The number of hydrogen-bond acceptors (Lipinski definition) is 3. The average Bonchev–Trinajstić information content (AvgIpc) is 2.51. The zero-order valence-electron chi connectivity index (χ0n) is 12.2. The van der Waals surface area contributed by atoms with Crippen LogP contribution in [-0.4, -0.2) is 18.8 Å². The Morgan fingerprint density at radius 1 is 1.24 bits per heavy atom. The van der Waals surface area contributed by atoms with Crippen LogP contribution in [0.15, 0.2) is 42.5 Å². The Balaban J connectivity index is 2.38. The highest BCUT2D eigenvalue weighted by atomic mass is 35.5. The van der Waals surface area contributed by atoms with Crippen molar-refractivity contribution in [2.75, 3.05) is 13.7 Å². The molecule has 0 aliphatic heterocycles. The molecule has 0 amide bonds. The zero-order valence-corrected chi connectivity index (χ0v) is 13.0. The molecule has 0 saturated carbocycles. The molecule has 0 aliphatic carbocycles. The third-order valence-corrected chi connectivity index (χ3v) is 4.21. The van der Waals surface area contributed by atoms with E-state index in [9.17, 15) is 5.11 Å². The van der Waals surface area contributed by atoms with Crippen LogP contribution in [0.25, 0.3) is 0 Å². The monoisotopic (exact) mass is 305 g/mol. The van der Waals surface area contributed by atoms with E-state index in [0.717, 1.165) is 16.9 Å². The lowest BCUT2D eigenvalue weighted by Crippen LogP contribution is -2.20. The molecule has 0 aromatic heterocycles. The van der Waals surface area contributed by atoms with Crippen molar-refractivity contribution in [3.05, 3.63) is 64.2 Å². The van der Waals surface area contributed by atoms with Crippen LogP contribution in [0.2, 0.25) is 5.02 Å². The maximum absolute atomic E-state index is 10.7. The fourth-order valence-corrected chi connectivity index (χ4v) is 2.67. The standard InChI is InChI=1S/C17H20ClNO2/c1-11-5-3-8-14(16(11)18)17(20)15(10-19)12-6-4-7-13(9-12)21-2/h3-9,15,17,20H,10,19H2,1-2H3. The molecule has 112 valence electrons. The quantitative estimate of drug-likeness (QED) is 0.890. The van der Waals surface area contributed by atoms with Crippen molar-refractivity contribution < 1.29 is 9.84 Å². The van der Waals surface area contributed by atoms with Gasteiger partial charge in [-0.05, 0) is 30.2 Å². The average molecular weight is 306 g/mol. The van der Waals surface area contributed by atoms with Gasteiger partial charge in [0, 0.05) is 23.0 Å². The smallest absolute Gasteiger partial charge is 0.119 e. The van der Waals surface area contributed by atoms with Gasteiger partial charge < -0.3 is 15.6 Å². The van der Waals surface area contributed by atoms with E-state index in [0.29, 0.717) is 17.1 Å². The molecule has 21 heavy (non-hydrogen) atoms. The molecule has 2 unspecified atom stereocenters. The second-order valence-electron chi connectivity index (χ2n) is 5.04. The van der Waals surface area contributed by atoms with E-state index in [4.69, 9.17) is 22.1 Å². The molecule has 4 heteroatoms. The first kappa shape index (κ1) is 15.8. The summed E-state index contributed by atoms with van der Waals surface area (Å²) in [5.74, 6) is 0.507. The Hall–Kier alpha value is -1.55. The Bertz CT molecular complexity index is 615. The number of benzene rings is 2. The molecule has 2 aromatic rings. The van der Waals surface area contributed by atoms with Crippen LogP contribution < -0.4 is 10.5 Å². The van der Waals surface area contributed by atoms with Gasteiger partial charge in [-0.2, -0.15) is 0 Å². The van der Waals surface area contributed by atoms with Gasteiger partial charge in [0.2, 0.25) is 0 Å². The van der Waals surface area contributed by atoms with Gasteiger partial charge in [-0.25, -0.2) is 0 Å². The number of aryl methyl sites for hydroxylation is 1. The van der Waals surface area contributed by atoms with E-state index in [2.05, 4.69) is 0 Å². The van der Waals surface area contributed by atoms with E-state index in [1.165, 1.54) is 0 Å². The van der Waals surface area contributed by atoms with Crippen molar-refractivity contribution in [2.24, 2.45) is 5.73 Å². The maximum Gasteiger partial charge on any atom is 0.119 e. The minimum Gasteiger partial charge on any atom is -0.497 e. The molecule has 0 radical (unpaired) electrons. The molecular weight excluding hydrogens is 286 g/mol. The van der Waals surface area contributed by atoms with Crippen molar-refractivity contribution in [1.82, 2.24) is 0 Å². The Kier molecular flexibility index (Phi) is 5.23. The summed E-state index contributed by atoms with van der Waals surface area (Å²) in [4.78, 5) is 0. The second-order valence-corrected chi connectivity index (χ2v) is 5.42. The number of aliphatic hydroxyl groups excluding tert-OH is 1. The largest absolute Gasteiger partial charge is 0.497 e. The van der Waals surface area contributed by atoms with Crippen LogP contribution >= 0.6 is 11.6 Å². The van der Waals surface area contributed by atoms with Crippen LogP contribution in [0.5, 0.6) is 5.75 Å².